The average Bonchev–Trinajstić information content (AvgIpc) is 2.66. The molecule has 8 heteroatoms. The van der Waals surface area contributed by atoms with Crippen LogP contribution in [0, 0.1) is 0 Å². The van der Waals surface area contributed by atoms with E-state index in [4.69, 9.17) is 15.2 Å². The quantitative estimate of drug-likeness (QED) is 0.520. The van der Waals surface area contributed by atoms with Crippen LogP contribution >= 0.6 is 0 Å². The minimum Gasteiger partial charge on any atom is -0.507 e. The number of benzene rings is 2. The van der Waals surface area contributed by atoms with Gasteiger partial charge in [0.15, 0.2) is 12.1 Å². The molecule has 5 N–H and O–H groups in total. The first-order valence-corrected chi connectivity index (χ1v) is 8.81. The first kappa shape index (κ1) is 18.6. The van der Waals surface area contributed by atoms with Gasteiger partial charge >= 0.3 is 0 Å². The number of aromatic hydroxyl groups is 2. The minimum atomic E-state index is -0.743. The fourth-order valence-electron chi connectivity index (χ4n) is 3.51. The van der Waals surface area contributed by atoms with E-state index in [2.05, 4.69) is 0 Å². The van der Waals surface area contributed by atoms with Gasteiger partial charge in [-0.15, -0.1) is 0 Å². The zero-order valence-corrected chi connectivity index (χ0v) is 14.8. The molecule has 2 aromatic carbocycles. The predicted octanol–water partition coefficient (Wildman–Crippen LogP) is 0.824. The van der Waals surface area contributed by atoms with Crippen molar-refractivity contribution in [1.82, 2.24) is 0 Å². The van der Waals surface area contributed by atoms with E-state index in [9.17, 15) is 24.9 Å². The van der Waals surface area contributed by atoms with Gasteiger partial charge in [0.25, 0.3) is 0 Å². The van der Waals surface area contributed by atoms with Gasteiger partial charge in [-0.2, -0.15) is 0 Å². The molecule has 1 heterocycles. The number of carbonyl (C=O) groups excluding carboxylic acids is 2. The third-order valence-electron chi connectivity index (χ3n) is 5.01. The van der Waals surface area contributed by atoms with Crippen LogP contribution in [0.15, 0.2) is 30.3 Å². The van der Waals surface area contributed by atoms with Crippen molar-refractivity contribution < 1.29 is 34.4 Å². The maximum Gasteiger partial charge on any atom is 0.201 e. The molecule has 0 amide bonds. The lowest BCUT2D eigenvalue weighted by Crippen LogP contribution is -2.47. The molecule has 0 bridgehead atoms. The summed E-state index contributed by atoms with van der Waals surface area (Å²) in [6.07, 6.45) is -1.05. The summed E-state index contributed by atoms with van der Waals surface area (Å²) in [5.74, 6) is -1.73. The van der Waals surface area contributed by atoms with E-state index in [-0.39, 0.29) is 47.0 Å². The van der Waals surface area contributed by atoms with Crippen molar-refractivity contribution in [2.45, 2.75) is 31.5 Å². The second-order valence-corrected chi connectivity index (χ2v) is 6.94. The van der Waals surface area contributed by atoms with Crippen LogP contribution in [0.2, 0.25) is 0 Å². The fourth-order valence-corrected chi connectivity index (χ4v) is 3.51. The molecule has 8 nitrogen and oxygen atoms in total. The second-order valence-electron chi connectivity index (χ2n) is 6.94. The molecule has 0 unspecified atom stereocenters. The van der Waals surface area contributed by atoms with E-state index >= 15 is 0 Å². The number of phenolic OH excluding ortho intramolecular Hbond substituents is 2. The van der Waals surface area contributed by atoms with Crippen LogP contribution in [0.1, 0.15) is 43.8 Å². The average molecular weight is 385 g/mol. The van der Waals surface area contributed by atoms with Gasteiger partial charge in [0.1, 0.15) is 11.5 Å². The number of phenols is 2. The third kappa shape index (κ3) is 3.06. The van der Waals surface area contributed by atoms with E-state index in [1.165, 1.54) is 30.3 Å². The van der Waals surface area contributed by atoms with Crippen LogP contribution in [-0.4, -0.2) is 51.9 Å². The van der Waals surface area contributed by atoms with E-state index in [0.29, 0.717) is 12.0 Å². The lowest BCUT2D eigenvalue weighted by Gasteiger charge is -2.31. The van der Waals surface area contributed by atoms with E-state index in [0.717, 1.165) is 0 Å². The van der Waals surface area contributed by atoms with Crippen molar-refractivity contribution in [2.75, 3.05) is 6.61 Å². The summed E-state index contributed by atoms with van der Waals surface area (Å²) in [5, 5.41) is 29.9. The first-order valence-electron chi connectivity index (χ1n) is 8.81. The van der Waals surface area contributed by atoms with Crippen LogP contribution in [0.4, 0.5) is 0 Å². The van der Waals surface area contributed by atoms with Crippen molar-refractivity contribution in [3.63, 3.8) is 0 Å². The minimum absolute atomic E-state index is 0.0166. The Kier molecular flexibility index (Phi) is 4.64. The zero-order chi connectivity index (χ0) is 20.0. The number of aliphatic hydroxyl groups excluding tert-OH is 1. The smallest absolute Gasteiger partial charge is 0.201 e. The maximum absolute atomic E-state index is 12.8. The van der Waals surface area contributed by atoms with Crippen LogP contribution in [0.3, 0.4) is 0 Å². The van der Waals surface area contributed by atoms with E-state index in [1.54, 1.807) is 0 Å². The molecular formula is C20H19NO7. The summed E-state index contributed by atoms with van der Waals surface area (Å²) in [6.45, 7) is 0.0806. The number of ketones is 2. The Morgan fingerprint density at radius 2 is 1.82 bits per heavy atom. The largest absolute Gasteiger partial charge is 0.507 e. The van der Waals surface area contributed by atoms with Gasteiger partial charge in [0, 0.05) is 23.6 Å². The summed E-state index contributed by atoms with van der Waals surface area (Å²) in [7, 11) is 0. The summed E-state index contributed by atoms with van der Waals surface area (Å²) in [6, 6.07) is 6.63. The number of ether oxygens (including phenoxy) is 2. The Hall–Kier alpha value is -2.78. The summed E-state index contributed by atoms with van der Waals surface area (Å²) < 4.78 is 11.0. The SMILES string of the molecule is N[C@H]1C[C@H](OCc2cc(O)c3c(c2)C(=O)c2cccc(O)c2C3=O)OC[C@@H]1O. The van der Waals surface area contributed by atoms with Gasteiger partial charge in [-0.25, -0.2) is 0 Å². The highest BCUT2D eigenvalue weighted by atomic mass is 16.7. The monoisotopic (exact) mass is 385 g/mol. The van der Waals surface area contributed by atoms with Crippen LogP contribution < -0.4 is 5.73 Å². The van der Waals surface area contributed by atoms with Crippen LogP contribution in [0.5, 0.6) is 11.5 Å². The molecule has 2 aromatic rings. The van der Waals surface area contributed by atoms with E-state index < -0.39 is 30.0 Å². The van der Waals surface area contributed by atoms with Gasteiger partial charge < -0.3 is 30.5 Å². The summed E-state index contributed by atoms with van der Waals surface area (Å²) in [4.78, 5) is 25.5. The number of nitrogens with two attached hydrogens (primary N) is 1. The first-order chi connectivity index (χ1) is 13.4. The van der Waals surface area contributed by atoms with Crippen molar-refractivity contribution in [2.24, 2.45) is 5.73 Å². The van der Waals surface area contributed by atoms with Gasteiger partial charge in [-0.05, 0) is 23.8 Å². The molecule has 1 fully saturated rings. The highest BCUT2D eigenvalue weighted by Crippen LogP contribution is 2.37. The number of hydrogen-bond donors (Lipinski definition) is 4. The number of rotatable bonds is 3. The Labute approximate surface area is 160 Å². The van der Waals surface area contributed by atoms with Crippen molar-refractivity contribution in [3.05, 3.63) is 58.1 Å². The standard InChI is InChI=1S/C20H19NO7/c21-12-6-16(28-8-15(12)24)27-7-9-4-11-18(14(23)5-9)20(26)17-10(19(11)25)2-1-3-13(17)22/h1-5,12,15-16,22-24H,6-8,21H2/t12-,15-,16+/m0/s1. The molecule has 0 radical (unpaired) electrons. The normalized spacial score (nSPS) is 24.0. The molecule has 0 saturated carbocycles. The molecule has 1 aliphatic heterocycles. The second kappa shape index (κ2) is 6.99. The van der Waals surface area contributed by atoms with Gasteiger partial charge in [-0.3, -0.25) is 9.59 Å². The number of aliphatic hydroxyl groups is 1. The van der Waals surface area contributed by atoms with Crippen LogP contribution in [-0.2, 0) is 16.1 Å². The zero-order valence-electron chi connectivity index (χ0n) is 14.8. The third-order valence-corrected chi connectivity index (χ3v) is 5.01. The molecule has 0 spiro atoms. The van der Waals surface area contributed by atoms with Crippen molar-refractivity contribution in [1.29, 1.82) is 0 Å². The summed E-state index contributed by atoms with van der Waals surface area (Å²) in [5.41, 5.74) is 6.16. The molecule has 0 aromatic heterocycles. The van der Waals surface area contributed by atoms with Gasteiger partial charge in [0.2, 0.25) is 5.78 Å². The number of hydrogen-bond acceptors (Lipinski definition) is 8. The Balaban J connectivity index is 1.60. The number of carbonyl (C=O) groups is 2. The molecule has 146 valence electrons. The molecule has 3 atom stereocenters. The molecule has 4 rings (SSSR count). The topological polar surface area (TPSA) is 139 Å². The molecule has 2 aliphatic rings. The van der Waals surface area contributed by atoms with Gasteiger partial charge in [0.05, 0.1) is 30.4 Å². The van der Waals surface area contributed by atoms with Crippen LogP contribution in [0.25, 0.3) is 0 Å². The molecule has 1 saturated heterocycles. The van der Waals surface area contributed by atoms with Crippen molar-refractivity contribution in [3.8, 4) is 11.5 Å². The van der Waals surface area contributed by atoms with Gasteiger partial charge in [-0.1, -0.05) is 12.1 Å². The van der Waals surface area contributed by atoms with E-state index in [1.807, 2.05) is 0 Å². The maximum atomic E-state index is 12.8. The Morgan fingerprint density at radius 3 is 2.57 bits per heavy atom. The van der Waals surface area contributed by atoms with Crippen molar-refractivity contribution >= 4 is 11.6 Å². The summed E-state index contributed by atoms with van der Waals surface area (Å²) >= 11 is 0. The highest BCUT2D eigenvalue weighted by Gasteiger charge is 2.34. The molecule has 28 heavy (non-hydrogen) atoms. The highest BCUT2D eigenvalue weighted by molar-refractivity contribution is 6.30. The fraction of sp³-hybridized carbons (Fsp3) is 0.300. The predicted molar refractivity (Wildman–Crippen MR) is 96.2 cm³/mol. The molecular weight excluding hydrogens is 366 g/mol. The lowest BCUT2D eigenvalue weighted by molar-refractivity contribution is -0.196. The Bertz CT molecular complexity index is 971. The molecule has 1 aliphatic carbocycles. The number of fused-ring (bicyclic) bond motifs is 2. The Morgan fingerprint density at radius 1 is 1.07 bits per heavy atom. The lowest BCUT2D eigenvalue weighted by atomic mass is 9.82.